The molecule has 3 heterocycles. The van der Waals surface area contributed by atoms with Gasteiger partial charge in [-0.1, -0.05) is 0 Å². The van der Waals surface area contributed by atoms with Gasteiger partial charge in [-0.2, -0.15) is 0 Å². The van der Waals surface area contributed by atoms with E-state index in [9.17, 15) is 4.79 Å². The van der Waals surface area contributed by atoms with Crippen molar-refractivity contribution in [2.24, 2.45) is 0 Å². The van der Waals surface area contributed by atoms with Gasteiger partial charge in [0, 0.05) is 35.3 Å². The Bertz CT molecular complexity index is 509. The van der Waals surface area contributed by atoms with E-state index in [1.165, 1.54) is 0 Å². The van der Waals surface area contributed by atoms with Gasteiger partial charge in [-0.05, 0) is 35.3 Å². The molecule has 0 N–H and O–H groups in total. The number of ether oxygens (including phenoxy) is 2. The standard InChI is InChI=1S/C13H15BrN2O3/c1-2-16-12-10(5-8(14)6-15-12)9-3-4-18-7-11(9)19-13(16)17/h5-6,9,11H,2-4,7H2,1H3/t9-,11+/m1/s1. The van der Waals surface area contributed by atoms with Crippen LogP contribution in [0.2, 0.25) is 0 Å². The third kappa shape index (κ3) is 2.23. The lowest BCUT2D eigenvalue weighted by atomic mass is 9.89. The molecule has 0 radical (unpaired) electrons. The van der Waals surface area contributed by atoms with Gasteiger partial charge in [0.25, 0.3) is 0 Å². The van der Waals surface area contributed by atoms with Crippen molar-refractivity contribution in [3.8, 4) is 0 Å². The number of nitrogens with zero attached hydrogens (tertiary/aromatic N) is 2. The van der Waals surface area contributed by atoms with Gasteiger partial charge in [0.1, 0.15) is 11.9 Å². The number of hydrogen-bond acceptors (Lipinski definition) is 4. The molecule has 0 aliphatic carbocycles. The van der Waals surface area contributed by atoms with Gasteiger partial charge in [-0.25, -0.2) is 9.78 Å². The first-order valence-corrected chi connectivity index (χ1v) is 7.21. The molecule has 1 saturated heterocycles. The van der Waals surface area contributed by atoms with Crippen molar-refractivity contribution in [1.29, 1.82) is 0 Å². The molecule has 2 atom stereocenters. The average Bonchev–Trinajstić information content (AvgIpc) is 2.52. The number of amides is 1. The molecule has 102 valence electrons. The number of halogens is 1. The number of pyridine rings is 1. The molecule has 1 aromatic rings. The highest BCUT2D eigenvalue weighted by atomic mass is 79.9. The molecule has 5 nitrogen and oxygen atoms in total. The van der Waals surface area contributed by atoms with Crippen LogP contribution in [0.4, 0.5) is 10.6 Å². The second-order valence-corrected chi connectivity index (χ2v) is 5.62. The quantitative estimate of drug-likeness (QED) is 0.796. The van der Waals surface area contributed by atoms with Crippen molar-refractivity contribution < 1.29 is 14.3 Å². The molecule has 2 aliphatic rings. The van der Waals surface area contributed by atoms with E-state index in [-0.39, 0.29) is 18.1 Å². The minimum Gasteiger partial charge on any atom is -0.443 e. The van der Waals surface area contributed by atoms with Crippen LogP contribution in [0.15, 0.2) is 16.7 Å². The minimum absolute atomic E-state index is 0.161. The highest BCUT2D eigenvalue weighted by Crippen LogP contribution is 2.38. The Morgan fingerprint density at radius 2 is 2.42 bits per heavy atom. The molecule has 0 spiro atoms. The number of fused-ring (bicyclic) bond motifs is 3. The van der Waals surface area contributed by atoms with Crippen LogP contribution in [0.1, 0.15) is 24.8 Å². The fourth-order valence-electron chi connectivity index (χ4n) is 2.69. The van der Waals surface area contributed by atoms with Crippen molar-refractivity contribution >= 4 is 27.8 Å². The Kier molecular flexibility index (Phi) is 3.45. The van der Waals surface area contributed by atoms with Gasteiger partial charge in [-0.15, -0.1) is 0 Å². The smallest absolute Gasteiger partial charge is 0.415 e. The topological polar surface area (TPSA) is 51.7 Å². The predicted molar refractivity (Wildman–Crippen MR) is 73.4 cm³/mol. The summed E-state index contributed by atoms with van der Waals surface area (Å²) in [6, 6.07) is 2.04. The van der Waals surface area contributed by atoms with E-state index in [0.717, 1.165) is 16.5 Å². The first-order valence-electron chi connectivity index (χ1n) is 6.42. The van der Waals surface area contributed by atoms with Crippen molar-refractivity contribution in [3.63, 3.8) is 0 Å². The highest BCUT2D eigenvalue weighted by molar-refractivity contribution is 9.10. The Labute approximate surface area is 120 Å². The Morgan fingerprint density at radius 3 is 3.21 bits per heavy atom. The fourth-order valence-corrected chi connectivity index (χ4v) is 3.04. The molecule has 0 saturated carbocycles. The summed E-state index contributed by atoms with van der Waals surface area (Å²) in [4.78, 5) is 18.1. The summed E-state index contributed by atoms with van der Waals surface area (Å²) >= 11 is 3.45. The van der Waals surface area contributed by atoms with Crippen LogP contribution < -0.4 is 4.90 Å². The van der Waals surface area contributed by atoms with Crippen molar-refractivity contribution in [2.75, 3.05) is 24.7 Å². The number of carbonyl (C=O) groups excluding carboxylic acids is 1. The van der Waals surface area contributed by atoms with Crippen LogP contribution >= 0.6 is 15.9 Å². The van der Waals surface area contributed by atoms with Crippen molar-refractivity contribution in [3.05, 3.63) is 22.3 Å². The van der Waals surface area contributed by atoms with E-state index < -0.39 is 0 Å². The van der Waals surface area contributed by atoms with E-state index >= 15 is 0 Å². The molecule has 6 heteroatoms. The second-order valence-electron chi connectivity index (χ2n) is 4.70. The Balaban J connectivity index is 2.12. The lowest BCUT2D eigenvalue weighted by molar-refractivity contribution is -0.0258. The van der Waals surface area contributed by atoms with E-state index in [1.54, 1.807) is 11.1 Å². The summed E-state index contributed by atoms with van der Waals surface area (Å²) < 4.78 is 11.9. The van der Waals surface area contributed by atoms with Crippen LogP contribution in [-0.2, 0) is 9.47 Å². The number of anilines is 1. The summed E-state index contributed by atoms with van der Waals surface area (Å²) in [5, 5.41) is 0. The van der Waals surface area contributed by atoms with Gasteiger partial charge in [-0.3, -0.25) is 4.90 Å². The monoisotopic (exact) mass is 326 g/mol. The SMILES string of the molecule is CCN1C(=O)O[C@H]2COCC[C@@H]2c2cc(Br)cnc21. The van der Waals surface area contributed by atoms with Crippen LogP contribution in [0.5, 0.6) is 0 Å². The number of aromatic nitrogens is 1. The fraction of sp³-hybridized carbons (Fsp3) is 0.538. The molecular formula is C13H15BrN2O3. The largest absolute Gasteiger partial charge is 0.443 e. The third-order valence-corrected chi connectivity index (χ3v) is 4.04. The Hall–Kier alpha value is -1.14. The molecule has 0 aromatic carbocycles. The molecule has 0 unspecified atom stereocenters. The zero-order chi connectivity index (χ0) is 13.4. The second kappa shape index (κ2) is 5.09. The van der Waals surface area contributed by atoms with Gasteiger partial charge in [0.05, 0.1) is 6.61 Å². The number of rotatable bonds is 1. The maximum atomic E-state index is 12.1. The lowest BCUT2D eigenvalue weighted by Gasteiger charge is -2.29. The van der Waals surface area contributed by atoms with Crippen molar-refractivity contribution in [2.45, 2.75) is 25.4 Å². The number of hydrogen-bond donors (Lipinski definition) is 0. The molecule has 2 aliphatic heterocycles. The number of carbonyl (C=O) groups is 1. The maximum Gasteiger partial charge on any atom is 0.415 e. The van der Waals surface area contributed by atoms with Gasteiger partial charge >= 0.3 is 6.09 Å². The molecule has 1 aromatic heterocycles. The summed E-state index contributed by atoms with van der Waals surface area (Å²) in [6.45, 7) is 3.61. The Morgan fingerprint density at radius 1 is 1.58 bits per heavy atom. The highest BCUT2D eigenvalue weighted by Gasteiger charge is 2.38. The molecule has 19 heavy (non-hydrogen) atoms. The van der Waals surface area contributed by atoms with E-state index in [2.05, 4.69) is 20.9 Å². The summed E-state index contributed by atoms with van der Waals surface area (Å²) in [5.74, 6) is 0.874. The maximum absolute atomic E-state index is 12.1. The summed E-state index contributed by atoms with van der Waals surface area (Å²) in [5.41, 5.74) is 1.07. The predicted octanol–water partition coefficient (Wildman–Crippen LogP) is 2.69. The van der Waals surface area contributed by atoms with E-state index in [4.69, 9.17) is 9.47 Å². The van der Waals surface area contributed by atoms with E-state index in [1.807, 2.05) is 13.0 Å². The average molecular weight is 327 g/mol. The lowest BCUT2D eigenvalue weighted by Crippen LogP contribution is -2.36. The van der Waals surface area contributed by atoms with Gasteiger partial charge < -0.3 is 9.47 Å². The van der Waals surface area contributed by atoms with Crippen LogP contribution in [0.3, 0.4) is 0 Å². The molecule has 3 rings (SSSR count). The normalized spacial score (nSPS) is 26.2. The minimum atomic E-state index is -0.337. The van der Waals surface area contributed by atoms with Gasteiger partial charge in [0.15, 0.2) is 0 Å². The van der Waals surface area contributed by atoms with Crippen LogP contribution in [0, 0.1) is 0 Å². The van der Waals surface area contributed by atoms with Crippen molar-refractivity contribution in [1.82, 2.24) is 4.98 Å². The molecular weight excluding hydrogens is 312 g/mol. The summed E-state index contributed by atoms with van der Waals surface area (Å²) in [6.07, 6.45) is 2.01. The van der Waals surface area contributed by atoms with E-state index in [0.29, 0.717) is 25.6 Å². The van der Waals surface area contributed by atoms with Gasteiger partial charge in [0.2, 0.25) is 0 Å². The first-order chi connectivity index (χ1) is 9.20. The first kappa shape index (κ1) is 12.9. The van der Waals surface area contributed by atoms with Crippen LogP contribution in [0.25, 0.3) is 0 Å². The molecule has 0 bridgehead atoms. The van der Waals surface area contributed by atoms with Crippen LogP contribution in [-0.4, -0.2) is 36.9 Å². The molecule has 1 amide bonds. The third-order valence-electron chi connectivity index (χ3n) is 3.61. The summed E-state index contributed by atoms with van der Waals surface area (Å²) in [7, 11) is 0. The zero-order valence-corrected chi connectivity index (χ0v) is 12.2. The molecule has 1 fully saturated rings. The zero-order valence-electron chi connectivity index (χ0n) is 10.6.